The fourth-order valence-electron chi connectivity index (χ4n) is 2.73. The number of pyridine rings is 1. The largest absolute Gasteiger partial charge is 0.369 e. The molecule has 0 saturated carbocycles. The van der Waals surface area contributed by atoms with E-state index in [9.17, 15) is 9.59 Å². The molecule has 1 aromatic rings. The van der Waals surface area contributed by atoms with Crippen molar-refractivity contribution >= 4 is 17.6 Å². The van der Waals surface area contributed by atoms with Crippen LogP contribution in [0.5, 0.6) is 0 Å². The second-order valence-corrected chi connectivity index (χ2v) is 6.39. The zero-order valence-electron chi connectivity index (χ0n) is 14.2. The molecule has 0 spiro atoms. The second kappa shape index (κ2) is 7.44. The quantitative estimate of drug-likeness (QED) is 0.867. The third-order valence-corrected chi connectivity index (χ3v) is 4.50. The van der Waals surface area contributed by atoms with Gasteiger partial charge in [-0.2, -0.15) is 0 Å². The van der Waals surface area contributed by atoms with Gasteiger partial charge in [0, 0.05) is 31.7 Å². The molecule has 0 atom stereocenters. The van der Waals surface area contributed by atoms with E-state index in [1.54, 1.807) is 6.07 Å². The Labute approximate surface area is 137 Å². The van der Waals surface area contributed by atoms with E-state index in [1.807, 2.05) is 18.7 Å². The van der Waals surface area contributed by atoms with Gasteiger partial charge >= 0.3 is 0 Å². The highest BCUT2D eigenvalue weighted by Crippen LogP contribution is 2.18. The molecule has 0 aliphatic carbocycles. The van der Waals surface area contributed by atoms with Crippen LogP contribution in [0.25, 0.3) is 0 Å². The van der Waals surface area contributed by atoms with Crippen molar-refractivity contribution in [3.05, 3.63) is 22.9 Å². The van der Waals surface area contributed by atoms with Gasteiger partial charge in [-0.05, 0) is 44.2 Å². The number of likely N-dealkylation sites (tertiary alicyclic amines) is 1. The summed E-state index contributed by atoms with van der Waals surface area (Å²) in [7, 11) is 0. The minimum atomic E-state index is -0.514. The number of anilines is 1. The third-order valence-electron chi connectivity index (χ3n) is 4.50. The maximum absolute atomic E-state index is 12.2. The minimum absolute atomic E-state index is 0.147. The van der Waals surface area contributed by atoms with E-state index < -0.39 is 5.91 Å². The van der Waals surface area contributed by atoms with Crippen molar-refractivity contribution < 1.29 is 9.59 Å². The molecule has 1 saturated heterocycles. The van der Waals surface area contributed by atoms with Gasteiger partial charge < -0.3 is 16.0 Å². The molecule has 2 heterocycles. The van der Waals surface area contributed by atoms with Gasteiger partial charge in [-0.25, -0.2) is 4.98 Å². The third kappa shape index (κ3) is 4.43. The number of aromatic nitrogens is 1. The summed E-state index contributed by atoms with van der Waals surface area (Å²) in [6.07, 6.45) is 2.54. The van der Waals surface area contributed by atoms with Crippen molar-refractivity contribution in [3.8, 4) is 0 Å². The minimum Gasteiger partial charge on any atom is -0.369 e. The summed E-state index contributed by atoms with van der Waals surface area (Å²) in [5.41, 5.74) is 7.53. The normalized spacial score (nSPS) is 15.5. The molecule has 6 heteroatoms. The van der Waals surface area contributed by atoms with Gasteiger partial charge in [0.05, 0.1) is 5.56 Å². The smallest absolute Gasteiger partial charge is 0.252 e. The van der Waals surface area contributed by atoms with E-state index in [1.165, 1.54) is 0 Å². The number of carbonyl (C=O) groups is 2. The number of hydrogen-bond donors (Lipinski definition) is 2. The standard InChI is InChI=1S/C17H26N4O2/c1-11-5-8-21(9-6-11)15(22)4-7-19-17-14(16(18)23)10-12(2)13(3)20-17/h10-11H,4-9H2,1-3H3,(H2,18,23)(H,19,20). The van der Waals surface area contributed by atoms with Gasteiger partial charge in [0.1, 0.15) is 5.82 Å². The van der Waals surface area contributed by atoms with E-state index in [-0.39, 0.29) is 5.91 Å². The molecule has 1 aliphatic rings. The molecule has 2 rings (SSSR count). The Kier molecular flexibility index (Phi) is 5.58. The van der Waals surface area contributed by atoms with E-state index in [2.05, 4.69) is 17.2 Å². The highest BCUT2D eigenvalue weighted by atomic mass is 16.2. The van der Waals surface area contributed by atoms with E-state index in [0.717, 1.165) is 37.2 Å². The van der Waals surface area contributed by atoms with Crippen molar-refractivity contribution in [1.82, 2.24) is 9.88 Å². The van der Waals surface area contributed by atoms with Gasteiger partial charge in [-0.15, -0.1) is 0 Å². The Morgan fingerprint density at radius 2 is 2.00 bits per heavy atom. The van der Waals surface area contributed by atoms with Crippen LogP contribution in [0, 0.1) is 19.8 Å². The van der Waals surface area contributed by atoms with Crippen LogP contribution in [0.1, 0.15) is 47.8 Å². The SMILES string of the molecule is Cc1cc(C(N)=O)c(NCCC(=O)N2CCC(C)CC2)nc1C. The summed E-state index contributed by atoms with van der Waals surface area (Å²) in [4.78, 5) is 30.0. The van der Waals surface area contributed by atoms with Crippen molar-refractivity contribution in [2.45, 2.75) is 40.0 Å². The van der Waals surface area contributed by atoms with Crippen molar-refractivity contribution in [3.63, 3.8) is 0 Å². The molecule has 1 fully saturated rings. The lowest BCUT2D eigenvalue weighted by Gasteiger charge is -2.30. The molecule has 0 bridgehead atoms. The van der Waals surface area contributed by atoms with Crippen LogP contribution >= 0.6 is 0 Å². The number of rotatable bonds is 5. The number of carbonyl (C=O) groups excluding carboxylic acids is 2. The molecule has 126 valence electrons. The van der Waals surface area contributed by atoms with E-state index >= 15 is 0 Å². The van der Waals surface area contributed by atoms with Crippen LogP contribution in [0.4, 0.5) is 5.82 Å². The Hall–Kier alpha value is -2.11. The summed E-state index contributed by atoms with van der Waals surface area (Å²) < 4.78 is 0. The molecule has 6 nitrogen and oxygen atoms in total. The summed E-state index contributed by atoms with van der Waals surface area (Å²) in [5.74, 6) is 0.795. The number of primary amides is 1. The molecule has 1 aliphatic heterocycles. The fourth-order valence-corrected chi connectivity index (χ4v) is 2.73. The maximum atomic E-state index is 12.2. The molecule has 0 unspecified atom stereocenters. The van der Waals surface area contributed by atoms with Gasteiger partial charge in [-0.3, -0.25) is 9.59 Å². The van der Waals surface area contributed by atoms with E-state index in [0.29, 0.717) is 30.3 Å². The summed E-state index contributed by atoms with van der Waals surface area (Å²) in [6, 6.07) is 1.74. The number of nitrogens with zero attached hydrogens (tertiary/aromatic N) is 2. The van der Waals surface area contributed by atoms with Crippen LogP contribution in [-0.4, -0.2) is 41.3 Å². The lowest BCUT2D eigenvalue weighted by Crippen LogP contribution is -2.38. The summed E-state index contributed by atoms with van der Waals surface area (Å²) in [5, 5.41) is 3.08. The van der Waals surface area contributed by atoms with Crippen molar-refractivity contribution in [2.75, 3.05) is 25.0 Å². The zero-order chi connectivity index (χ0) is 17.0. The van der Waals surface area contributed by atoms with Crippen molar-refractivity contribution in [2.24, 2.45) is 11.7 Å². The monoisotopic (exact) mass is 318 g/mol. The number of aryl methyl sites for hydroxylation is 2. The first kappa shape index (κ1) is 17.2. The first-order chi connectivity index (χ1) is 10.9. The summed E-state index contributed by atoms with van der Waals surface area (Å²) in [6.45, 7) is 8.12. The van der Waals surface area contributed by atoms with Crippen LogP contribution < -0.4 is 11.1 Å². The van der Waals surface area contributed by atoms with Gasteiger partial charge in [0.25, 0.3) is 5.91 Å². The van der Waals surface area contributed by atoms with Crippen molar-refractivity contribution in [1.29, 1.82) is 0 Å². The van der Waals surface area contributed by atoms with Gasteiger partial charge in [0.2, 0.25) is 5.91 Å². The van der Waals surface area contributed by atoms with Crippen LogP contribution in [0.2, 0.25) is 0 Å². The number of nitrogens with two attached hydrogens (primary N) is 1. The predicted molar refractivity (Wildman–Crippen MR) is 90.3 cm³/mol. The van der Waals surface area contributed by atoms with Crippen LogP contribution in [0.15, 0.2) is 6.07 Å². The highest BCUT2D eigenvalue weighted by molar-refractivity contribution is 5.97. The Balaban J connectivity index is 1.92. The number of nitrogens with one attached hydrogen (secondary N) is 1. The fraction of sp³-hybridized carbons (Fsp3) is 0.588. The number of amides is 2. The average Bonchev–Trinajstić information content (AvgIpc) is 2.50. The van der Waals surface area contributed by atoms with Gasteiger partial charge in [-0.1, -0.05) is 6.92 Å². The summed E-state index contributed by atoms with van der Waals surface area (Å²) >= 11 is 0. The first-order valence-corrected chi connectivity index (χ1v) is 8.18. The lowest BCUT2D eigenvalue weighted by molar-refractivity contribution is -0.132. The second-order valence-electron chi connectivity index (χ2n) is 6.39. The Bertz CT molecular complexity index is 593. The molecule has 0 radical (unpaired) electrons. The zero-order valence-corrected chi connectivity index (χ0v) is 14.2. The Morgan fingerprint density at radius 3 is 2.61 bits per heavy atom. The molecule has 3 N–H and O–H groups in total. The molecule has 2 amide bonds. The molecule has 23 heavy (non-hydrogen) atoms. The van der Waals surface area contributed by atoms with Crippen LogP contribution in [-0.2, 0) is 4.79 Å². The number of piperidine rings is 1. The lowest BCUT2D eigenvalue weighted by atomic mass is 9.99. The molecule has 1 aromatic heterocycles. The predicted octanol–water partition coefficient (Wildman–Crippen LogP) is 1.86. The highest BCUT2D eigenvalue weighted by Gasteiger charge is 2.20. The molecule has 0 aromatic carbocycles. The Morgan fingerprint density at radius 1 is 1.35 bits per heavy atom. The molecular weight excluding hydrogens is 292 g/mol. The van der Waals surface area contributed by atoms with E-state index in [4.69, 9.17) is 5.73 Å². The van der Waals surface area contributed by atoms with Crippen LogP contribution in [0.3, 0.4) is 0 Å². The maximum Gasteiger partial charge on any atom is 0.252 e. The molecular formula is C17H26N4O2. The average molecular weight is 318 g/mol. The first-order valence-electron chi connectivity index (χ1n) is 8.18. The van der Waals surface area contributed by atoms with Gasteiger partial charge in [0.15, 0.2) is 0 Å². The topological polar surface area (TPSA) is 88.3 Å². The number of hydrogen-bond acceptors (Lipinski definition) is 4.